The molecule has 0 spiro atoms. The molecular formula is C17H16F2O2. The number of benzene rings is 2. The van der Waals surface area contributed by atoms with Crippen LogP contribution in [0.3, 0.4) is 0 Å². The van der Waals surface area contributed by atoms with Gasteiger partial charge < -0.3 is 4.74 Å². The van der Waals surface area contributed by atoms with Crippen LogP contribution in [-0.2, 0) is 0 Å². The number of ether oxygens (including phenoxy) is 1. The summed E-state index contributed by atoms with van der Waals surface area (Å²) >= 11 is 0. The van der Waals surface area contributed by atoms with E-state index in [1.54, 1.807) is 0 Å². The van der Waals surface area contributed by atoms with E-state index in [2.05, 4.69) is 0 Å². The molecule has 4 heteroatoms. The summed E-state index contributed by atoms with van der Waals surface area (Å²) in [5, 5.41) is 0. The van der Waals surface area contributed by atoms with Crippen molar-refractivity contribution in [3.8, 4) is 5.75 Å². The van der Waals surface area contributed by atoms with Gasteiger partial charge in [0, 0.05) is 0 Å². The second-order valence-electron chi connectivity index (χ2n) is 5.04. The first kappa shape index (κ1) is 15.2. The number of carbonyl (C=O) groups excluding carboxylic acids is 1. The van der Waals surface area contributed by atoms with Crippen LogP contribution in [0.5, 0.6) is 5.75 Å². The van der Waals surface area contributed by atoms with Crippen LogP contribution in [0.4, 0.5) is 8.78 Å². The molecule has 0 fully saturated rings. The molecule has 2 nitrogen and oxygen atoms in total. The number of halogens is 2. The standard InChI is InChI=1S/C17H16F2O2/c1-10-6-11(2)12(3)17(7-10)21-9-16(20)14-8-13(18)4-5-15(14)19/h4-8H,9H2,1-3H3. The number of aryl methyl sites for hydroxylation is 2. The summed E-state index contributed by atoms with van der Waals surface area (Å²) in [5.41, 5.74) is 2.69. The maximum Gasteiger partial charge on any atom is 0.203 e. The first-order valence-corrected chi connectivity index (χ1v) is 6.57. The van der Waals surface area contributed by atoms with Gasteiger partial charge in [0.2, 0.25) is 5.78 Å². The van der Waals surface area contributed by atoms with E-state index in [1.165, 1.54) is 0 Å². The molecule has 0 aliphatic heterocycles. The molecule has 0 amide bonds. The molecule has 2 rings (SSSR count). The van der Waals surface area contributed by atoms with Gasteiger partial charge in [-0.25, -0.2) is 8.78 Å². The smallest absolute Gasteiger partial charge is 0.203 e. The van der Waals surface area contributed by atoms with Gasteiger partial charge in [-0.05, 0) is 61.7 Å². The highest BCUT2D eigenvalue weighted by Crippen LogP contribution is 2.23. The molecule has 0 N–H and O–H groups in total. The molecule has 0 aromatic heterocycles. The average Bonchev–Trinajstić information content (AvgIpc) is 2.43. The van der Waals surface area contributed by atoms with Crippen molar-refractivity contribution in [2.24, 2.45) is 0 Å². The molecular weight excluding hydrogens is 274 g/mol. The van der Waals surface area contributed by atoms with E-state index in [-0.39, 0.29) is 12.2 Å². The number of rotatable bonds is 4. The van der Waals surface area contributed by atoms with Crippen LogP contribution in [0.1, 0.15) is 27.0 Å². The fraction of sp³-hybridized carbons (Fsp3) is 0.235. The Labute approximate surface area is 122 Å². The maximum atomic E-state index is 13.5. The molecule has 21 heavy (non-hydrogen) atoms. The lowest BCUT2D eigenvalue weighted by molar-refractivity contribution is 0.0916. The zero-order chi connectivity index (χ0) is 15.6. The number of hydrogen-bond donors (Lipinski definition) is 0. The van der Waals surface area contributed by atoms with E-state index in [0.29, 0.717) is 5.75 Å². The van der Waals surface area contributed by atoms with Crippen LogP contribution < -0.4 is 4.74 Å². The van der Waals surface area contributed by atoms with Crippen molar-refractivity contribution >= 4 is 5.78 Å². The minimum absolute atomic E-state index is 0.294. The Kier molecular flexibility index (Phi) is 4.36. The Morgan fingerprint density at radius 2 is 1.81 bits per heavy atom. The van der Waals surface area contributed by atoms with E-state index in [1.807, 2.05) is 32.9 Å². The van der Waals surface area contributed by atoms with Crippen molar-refractivity contribution in [1.29, 1.82) is 0 Å². The minimum Gasteiger partial charge on any atom is -0.485 e. The maximum absolute atomic E-state index is 13.5. The molecule has 110 valence electrons. The fourth-order valence-electron chi connectivity index (χ4n) is 2.08. The van der Waals surface area contributed by atoms with Gasteiger partial charge in [-0.2, -0.15) is 0 Å². The molecule has 2 aromatic rings. The summed E-state index contributed by atoms with van der Waals surface area (Å²) in [6.07, 6.45) is 0. The fourth-order valence-corrected chi connectivity index (χ4v) is 2.08. The highest BCUT2D eigenvalue weighted by molar-refractivity contribution is 5.97. The van der Waals surface area contributed by atoms with Crippen LogP contribution in [0.2, 0.25) is 0 Å². The van der Waals surface area contributed by atoms with Crippen molar-refractivity contribution in [2.75, 3.05) is 6.61 Å². The SMILES string of the molecule is Cc1cc(C)c(C)c(OCC(=O)c2cc(F)ccc2F)c1. The number of carbonyl (C=O) groups is 1. The number of Topliss-reactive ketones (excluding diaryl/α,β-unsaturated/α-hetero) is 1. The van der Waals surface area contributed by atoms with E-state index in [4.69, 9.17) is 4.74 Å². The Morgan fingerprint density at radius 1 is 1.10 bits per heavy atom. The lowest BCUT2D eigenvalue weighted by atomic mass is 10.1. The second-order valence-corrected chi connectivity index (χ2v) is 5.04. The van der Waals surface area contributed by atoms with E-state index < -0.39 is 17.4 Å². The first-order valence-electron chi connectivity index (χ1n) is 6.57. The number of ketones is 1. The summed E-state index contributed by atoms with van der Waals surface area (Å²) in [7, 11) is 0. The molecule has 0 saturated heterocycles. The molecule has 0 aliphatic carbocycles. The van der Waals surface area contributed by atoms with E-state index in [0.717, 1.165) is 34.9 Å². The zero-order valence-electron chi connectivity index (χ0n) is 12.2. The highest BCUT2D eigenvalue weighted by Gasteiger charge is 2.14. The molecule has 2 aromatic carbocycles. The van der Waals surface area contributed by atoms with Crippen LogP contribution in [0, 0.1) is 32.4 Å². The van der Waals surface area contributed by atoms with Gasteiger partial charge in [0.05, 0.1) is 5.56 Å². The predicted octanol–water partition coefficient (Wildman–Crippen LogP) is 4.15. The zero-order valence-corrected chi connectivity index (χ0v) is 12.2. The predicted molar refractivity (Wildman–Crippen MR) is 76.8 cm³/mol. The van der Waals surface area contributed by atoms with Gasteiger partial charge in [-0.1, -0.05) is 6.07 Å². The van der Waals surface area contributed by atoms with Crippen LogP contribution in [-0.4, -0.2) is 12.4 Å². The summed E-state index contributed by atoms with van der Waals surface area (Å²) in [6, 6.07) is 6.62. The molecule has 0 heterocycles. The molecule has 0 atom stereocenters. The third-order valence-electron chi connectivity index (χ3n) is 3.35. The van der Waals surface area contributed by atoms with E-state index in [9.17, 15) is 13.6 Å². The summed E-state index contributed by atoms with van der Waals surface area (Å²) < 4.78 is 32.1. The lowest BCUT2D eigenvalue weighted by Crippen LogP contribution is -2.14. The van der Waals surface area contributed by atoms with Crippen molar-refractivity contribution in [3.63, 3.8) is 0 Å². The van der Waals surface area contributed by atoms with Crippen molar-refractivity contribution in [2.45, 2.75) is 20.8 Å². The normalized spacial score (nSPS) is 10.5. The first-order chi connectivity index (χ1) is 9.88. The topological polar surface area (TPSA) is 26.3 Å². The summed E-state index contributed by atoms with van der Waals surface area (Å²) in [6.45, 7) is 5.43. The van der Waals surface area contributed by atoms with Crippen molar-refractivity contribution < 1.29 is 18.3 Å². The van der Waals surface area contributed by atoms with Crippen molar-refractivity contribution in [3.05, 3.63) is 64.2 Å². The van der Waals surface area contributed by atoms with Gasteiger partial charge in [0.15, 0.2) is 6.61 Å². The van der Waals surface area contributed by atoms with Crippen LogP contribution in [0.25, 0.3) is 0 Å². The summed E-state index contributed by atoms with van der Waals surface area (Å²) in [4.78, 5) is 11.9. The molecule has 0 radical (unpaired) electrons. The van der Waals surface area contributed by atoms with Crippen LogP contribution >= 0.6 is 0 Å². The quantitative estimate of drug-likeness (QED) is 0.791. The Bertz CT molecular complexity index is 693. The minimum atomic E-state index is -0.748. The molecule has 0 aliphatic rings. The van der Waals surface area contributed by atoms with Gasteiger partial charge in [-0.3, -0.25) is 4.79 Å². The Hall–Kier alpha value is -2.23. The Balaban J connectivity index is 2.17. The Morgan fingerprint density at radius 3 is 2.52 bits per heavy atom. The third kappa shape index (κ3) is 3.45. The molecule has 0 saturated carbocycles. The van der Waals surface area contributed by atoms with E-state index >= 15 is 0 Å². The largest absolute Gasteiger partial charge is 0.485 e. The second kappa shape index (κ2) is 6.04. The molecule has 0 unspecified atom stereocenters. The van der Waals surface area contributed by atoms with Crippen molar-refractivity contribution in [1.82, 2.24) is 0 Å². The van der Waals surface area contributed by atoms with Gasteiger partial charge in [0.25, 0.3) is 0 Å². The van der Waals surface area contributed by atoms with Gasteiger partial charge >= 0.3 is 0 Å². The van der Waals surface area contributed by atoms with Gasteiger partial charge in [-0.15, -0.1) is 0 Å². The lowest BCUT2D eigenvalue weighted by Gasteiger charge is -2.12. The van der Waals surface area contributed by atoms with Gasteiger partial charge in [0.1, 0.15) is 17.4 Å². The third-order valence-corrected chi connectivity index (χ3v) is 3.35. The average molecular weight is 290 g/mol. The highest BCUT2D eigenvalue weighted by atomic mass is 19.1. The number of hydrogen-bond acceptors (Lipinski definition) is 2. The monoisotopic (exact) mass is 290 g/mol. The van der Waals surface area contributed by atoms with Crippen LogP contribution in [0.15, 0.2) is 30.3 Å². The summed E-state index contributed by atoms with van der Waals surface area (Å²) in [5.74, 6) is -1.41. The molecule has 0 bridgehead atoms.